The molecule has 0 radical (unpaired) electrons. The maximum Gasteiger partial charge on any atom is 0.263 e. The van der Waals surface area contributed by atoms with Crippen molar-refractivity contribution in [3.05, 3.63) is 180 Å². The Balaban J connectivity index is 1.19. The molecule has 0 bridgehead atoms. The van der Waals surface area contributed by atoms with Crippen molar-refractivity contribution in [3.8, 4) is 22.5 Å². The summed E-state index contributed by atoms with van der Waals surface area (Å²) in [6, 6.07) is 58.8. The standard InChI is InChI=1S/C46H28N4O/c51-46-35-16-5-4-15-34(35)43-36-17-7-10-20-40(36)50-42-21-11-8-18-38(42)47-45(50)44(43)49(46)32-25-23-31(24-26-32)48-39-19-9-6-14-33(39)37-28-30(22-27-41(37)48)29-12-2-1-3-13-29/h1-28H. The monoisotopic (exact) mass is 652 g/mol. The van der Waals surface area contributed by atoms with Gasteiger partial charge in [0, 0.05) is 38.3 Å². The lowest BCUT2D eigenvalue weighted by atomic mass is 10.0. The third-order valence-electron chi connectivity index (χ3n) is 10.4. The fourth-order valence-electron chi connectivity index (χ4n) is 8.20. The largest absolute Gasteiger partial charge is 0.309 e. The van der Waals surface area contributed by atoms with Crippen molar-refractivity contribution in [3.63, 3.8) is 0 Å². The highest BCUT2D eigenvalue weighted by Crippen LogP contribution is 2.38. The number of imidazole rings is 1. The van der Waals surface area contributed by atoms with Gasteiger partial charge in [0.2, 0.25) is 0 Å². The average Bonchev–Trinajstić information content (AvgIpc) is 3.75. The molecule has 5 heteroatoms. The fraction of sp³-hybridized carbons (Fsp3) is 0. The lowest BCUT2D eigenvalue weighted by Gasteiger charge is -2.17. The molecule has 0 saturated carbocycles. The lowest BCUT2D eigenvalue weighted by Crippen LogP contribution is -2.20. The Kier molecular flexibility index (Phi) is 5.75. The van der Waals surface area contributed by atoms with Gasteiger partial charge in [-0.15, -0.1) is 0 Å². The molecule has 0 fully saturated rings. The second-order valence-electron chi connectivity index (χ2n) is 13.2. The van der Waals surface area contributed by atoms with E-state index in [0.717, 1.165) is 66.3 Å². The molecular weight excluding hydrogens is 625 g/mol. The minimum Gasteiger partial charge on any atom is -0.309 e. The number of aromatic nitrogens is 4. The van der Waals surface area contributed by atoms with Crippen LogP contribution in [0.15, 0.2) is 175 Å². The number of hydrogen-bond acceptors (Lipinski definition) is 2. The third-order valence-corrected chi connectivity index (χ3v) is 10.4. The molecular formula is C46H28N4O. The van der Waals surface area contributed by atoms with Gasteiger partial charge in [0.15, 0.2) is 5.65 Å². The minimum atomic E-state index is -0.0691. The number of fused-ring (bicyclic) bond motifs is 13. The molecule has 11 rings (SSSR count). The van der Waals surface area contributed by atoms with E-state index in [1.807, 2.05) is 41.0 Å². The van der Waals surface area contributed by atoms with Gasteiger partial charge in [-0.25, -0.2) is 4.98 Å². The van der Waals surface area contributed by atoms with Crippen LogP contribution in [-0.2, 0) is 0 Å². The zero-order valence-electron chi connectivity index (χ0n) is 27.4. The highest BCUT2D eigenvalue weighted by atomic mass is 16.1. The Bertz CT molecular complexity index is 3260. The van der Waals surface area contributed by atoms with Crippen molar-refractivity contribution in [1.29, 1.82) is 0 Å². The van der Waals surface area contributed by atoms with E-state index in [-0.39, 0.29) is 5.56 Å². The van der Waals surface area contributed by atoms with Crippen molar-refractivity contribution in [1.82, 2.24) is 18.5 Å². The van der Waals surface area contributed by atoms with Gasteiger partial charge in [-0.2, -0.15) is 0 Å². The van der Waals surface area contributed by atoms with E-state index in [1.165, 1.54) is 21.9 Å². The zero-order valence-corrected chi connectivity index (χ0v) is 27.4. The highest BCUT2D eigenvalue weighted by Gasteiger charge is 2.21. The van der Waals surface area contributed by atoms with Crippen molar-refractivity contribution < 1.29 is 0 Å². The SMILES string of the molecule is O=c1c2ccccc2c2c3ccccc3n3c4ccccc4nc3c2n1-c1ccc(-n2c3ccccc3c3cc(-c4ccccc4)ccc32)cc1. The molecule has 7 aromatic carbocycles. The number of rotatable bonds is 3. The fourth-order valence-corrected chi connectivity index (χ4v) is 8.20. The normalized spacial score (nSPS) is 12.0. The molecule has 0 aliphatic heterocycles. The predicted octanol–water partition coefficient (Wildman–Crippen LogP) is 10.9. The van der Waals surface area contributed by atoms with Gasteiger partial charge in [0.05, 0.1) is 27.6 Å². The van der Waals surface area contributed by atoms with Crippen molar-refractivity contribution >= 4 is 71.1 Å². The summed E-state index contributed by atoms with van der Waals surface area (Å²) in [4.78, 5) is 19.9. The van der Waals surface area contributed by atoms with E-state index < -0.39 is 0 Å². The maximum atomic E-state index is 14.7. The highest BCUT2D eigenvalue weighted by molar-refractivity contribution is 6.23. The van der Waals surface area contributed by atoms with Crippen LogP contribution in [-0.4, -0.2) is 18.5 Å². The summed E-state index contributed by atoms with van der Waals surface area (Å²) < 4.78 is 6.39. The Hall–Kier alpha value is -6.98. The smallest absolute Gasteiger partial charge is 0.263 e. The van der Waals surface area contributed by atoms with Gasteiger partial charge in [-0.3, -0.25) is 13.8 Å². The molecule has 0 N–H and O–H groups in total. The lowest BCUT2D eigenvalue weighted by molar-refractivity contribution is 1.05. The number of benzene rings is 7. The van der Waals surface area contributed by atoms with Crippen molar-refractivity contribution in [2.24, 2.45) is 0 Å². The van der Waals surface area contributed by atoms with Gasteiger partial charge in [-0.05, 0) is 83.2 Å². The van der Waals surface area contributed by atoms with E-state index in [2.05, 4.69) is 142 Å². The van der Waals surface area contributed by atoms with Crippen LogP contribution < -0.4 is 5.56 Å². The maximum absolute atomic E-state index is 14.7. The Labute approximate surface area is 291 Å². The number of hydrogen-bond donors (Lipinski definition) is 0. The minimum absolute atomic E-state index is 0.0691. The van der Waals surface area contributed by atoms with E-state index in [9.17, 15) is 4.79 Å². The topological polar surface area (TPSA) is 44.2 Å². The van der Waals surface area contributed by atoms with Gasteiger partial charge in [-0.1, -0.05) is 103 Å². The summed E-state index contributed by atoms with van der Waals surface area (Å²) in [5.41, 5.74) is 10.9. The third kappa shape index (κ3) is 3.91. The Morgan fingerprint density at radius 2 is 1.00 bits per heavy atom. The van der Waals surface area contributed by atoms with Crippen LogP contribution in [0.4, 0.5) is 0 Å². The van der Waals surface area contributed by atoms with Crippen LogP contribution in [0.25, 0.3) is 93.6 Å². The van der Waals surface area contributed by atoms with Crippen LogP contribution in [0.1, 0.15) is 0 Å². The average molecular weight is 653 g/mol. The summed E-state index contributed by atoms with van der Waals surface area (Å²) in [5, 5.41) is 6.10. The van der Waals surface area contributed by atoms with Crippen molar-refractivity contribution in [2.45, 2.75) is 0 Å². The van der Waals surface area contributed by atoms with Gasteiger partial charge < -0.3 is 4.57 Å². The summed E-state index contributed by atoms with van der Waals surface area (Å²) in [6.45, 7) is 0. The molecule has 0 amide bonds. The van der Waals surface area contributed by atoms with E-state index in [4.69, 9.17) is 4.98 Å². The number of nitrogens with zero attached hydrogens (tertiary/aromatic N) is 4. The van der Waals surface area contributed by atoms with E-state index in [0.29, 0.717) is 5.39 Å². The van der Waals surface area contributed by atoms with Crippen LogP contribution >= 0.6 is 0 Å². The first kappa shape index (κ1) is 27.9. The van der Waals surface area contributed by atoms with Crippen LogP contribution in [0.3, 0.4) is 0 Å². The summed E-state index contributed by atoms with van der Waals surface area (Å²) in [6.07, 6.45) is 0. The van der Waals surface area contributed by atoms with E-state index >= 15 is 0 Å². The molecule has 4 heterocycles. The van der Waals surface area contributed by atoms with Gasteiger partial charge in [0.25, 0.3) is 5.56 Å². The first-order valence-electron chi connectivity index (χ1n) is 17.2. The van der Waals surface area contributed by atoms with E-state index in [1.54, 1.807) is 0 Å². The number of para-hydroxylation sites is 4. The molecule has 4 aromatic heterocycles. The number of pyridine rings is 2. The second-order valence-corrected chi connectivity index (χ2v) is 13.2. The molecule has 0 spiro atoms. The summed E-state index contributed by atoms with van der Waals surface area (Å²) in [7, 11) is 0. The first-order valence-corrected chi connectivity index (χ1v) is 17.2. The van der Waals surface area contributed by atoms with Gasteiger partial charge in [0.1, 0.15) is 5.52 Å². The molecule has 0 saturated heterocycles. The summed E-state index contributed by atoms with van der Waals surface area (Å²) in [5.74, 6) is 0. The van der Waals surface area contributed by atoms with Gasteiger partial charge >= 0.3 is 0 Å². The Morgan fingerprint density at radius 3 is 1.78 bits per heavy atom. The Morgan fingerprint density at radius 1 is 0.412 bits per heavy atom. The quantitative estimate of drug-likeness (QED) is 0.178. The summed E-state index contributed by atoms with van der Waals surface area (Å²) >= 11 is 0. The van der Waals surface area contributed by atoms with Crippen LogP contribution in [0, 0.1) is 0 Å². The molecule has 0 aliphatic carbocycles. The van der Waals surface area contributed by atoms with Crippen LogP contribution in [0.2, 0.25) is 0 Å². The molecule has 5 nitrogen and oxygen atoms in total. The zero-order chi connectivity index (χ0) is 33.6. The predicted molar refractivity (Wildman–Crippen MR) is 211 cm³/mol. The molecule has 0 aliphatic rings. The van der Waals surface area contributed by atoms with Crippen LogP contribution in [0.5, 0.6) is 0 Å². The molecule has 51 heavy (non-hydrogen) atoms. The molecule has 238 valence electrons. The molecule has 0 unspecified atom stereocenters. The van der Waals surface area contributed by atoms with Crippen molar-refractivity contribution in [2.75, 3.05) is 0 Å². The first-order chi connectivity index (χ1) is 25.2. The second kappa shape index (κ2) is 10.5. The molecule has 0 atom stereocenters. The molecule has 11 aromatic rings.